The lowest BCUT2D eigenvalue weighted by Crippen LogP contribution is -1.75. The van der Waals surface area contributed by atoms with E-state index in [0.717, 1.165) is 5.56 Å². The van der Waals surface area contributed by atoms with E-state index in [2.05, 4.69) is 0 Å². The van der Waals surface area contributed by atoms with Gasteiger partial charge in [0.2, 0.25) is 0 Å². The Bertz CT molecular complexity index is 586. The summed E-state index contributed by atoms with van der Waals surface area (Å²) in [6.45, 7) is 0. The Morgan fingerprint density at radius 1 is 0.778 bits per heavy atom. The summed E-state index contributed by atoms with van der Waals surface area (Å²) in [6.07, 6.45) is 3.49. The number of phenols is 3. The first-order chi connectivity index (χ1) is 8.54. The van der Waals surface area contributed by atoms with Gasteiger partial charge < -0.3 is 15.3 Å². The third kappa shape index (κ3) is 2.96. The number of hydrogen-bond acceptors (Lipinski definition) is 3. The molecule has 2 aromatic rings. The highest BCUT2D eigenvalue weighted by Gasteiger charge is 1.98. The number of phenolic OH excluding ortho intramolecular Hbond substituents is 3. The first-order valence-corrected chi connectivity index (χ1v) is 5.62. The van der Waals surface area contributed by atoms with Crippen molar-refractivity contribution in [3.05, 3.63) is 52.5 Å². The molecule has 0 saturated carbocycles. The Kier molecular flexibility index (Phi) is 3.44. The zero-order valence-electron chi connectivity index (χ0n) is 9.34. The number of rotatable bonds is 2. The van der Waals surface area contributed by atoms with Gasteiger partial charge in [-0.15, -0.1) is 0 Å². The summed E-state index contributed by atoms with van der Waals surface area (Å²) in [5.74, 6) is 0.0283. The summed E-state index contributed by atoms with van der Waals surface area (Å²) in [7, 11) is 0. The zero-order chi connectivity index (χ0) is 13.1. The van der Waals surface area contributed by atoms with Crippen molar-refractivity contribution in [1.29, 1.82) is 0 Å². The van der Waals surface area contributed by atoms with Crippen LogP contribution < -0.4 is 0 Å². The molecule has 2 aromatic carbocycles. The van der Waals surface area contributed by atoms with Crippen LogP contribution in [0.5, 0.6) is 17.2 Å². The van der Waals surface area contributed by atoms with Gasteiger partial charge in [0.25, 0.3) is 0 Å². The maximum atomic E-state index is 9.32. The van der Waals surface area contributed by atoms with Gasteiger partial charge in [0.05, 0.1) is 5.02 Å². The molecule has 0 aromatic heterocycles. The topological polar surface area (TPSA) is 60.7 Å². The average Bonchev–Trinajstić information content (AvgIpc) is 2.29. The molecule has 0 aliphatic rings. The maximum Gasteiger partial charge on any atom is 0.134 e. The molecule has 0 aliphatic carbocycles. The van der Waals surface area contributed by atoms with Crippen molar-refractivity contribution in [3.63, 3.8) is 0 Å². The van der Waals surface area contributed by atoms with Gasteiger partial charge in [-0.3, -0.25) is 0 Å². The lowest BCUT2D eigenvalue weighted by atomic mass is 10.1. The van der Waals surface area contributed by atoms with Crippen LogP contribution in [-0.2, 0) is 0 Å². The van der Waals surface area contributed by atoms with E-state index in [1.54, 1.807) is 24.3 Å². The predicted molar refractivity (Wildman–Crippen MR) is 71.8 cm³/mol. The van der Waals surface area contributed by atoms with Gasteiger partial charge in [-0.05, 0) is 35.4 Å². The van der Waals surface area contributed by atoms with Crippen LogP contribution >= 0.6 is 11.6 Å². The Hall–Kier alpha value is -2.13. The number of aromatic hydroxyl groups is 3. The molecule has 18 heavy (non-hydrogen) atoms. The van der Waals surface area contributed by atoms with E-state index < -0.39 is 0 Å². The lowest BCUT2D eigenvalue weighted by Gasteiger charge is -2.00. The molecule has 0 unspecified atom stereocenters. The van der Waals surface area contributed by atoms with Crippen LogP contribution in [-0.4, -0.2) is 15.3 Å². The summed E-state index contributed by atoms with van der Waals surface area (Å²) < 4.78 is 0. The fourth-order valence-electron chi connectivity index (χ4n) is 1.53. The van der Waals surface area contributed by atoms with Gasteiger partial charge in [-0.25, -0.2) is 0 Å². The third-order valence-corrected chi connectivity index (χ3v) is 2.67. The Morgan fingerprint density at radius 2 is 1.39 bits per heavy atom. The Labute approximate surface area is 109 Å². The van der Waals surface area contributed by atoms with E-state index >= 15 is 0 Å². The summed E-state index contributed by atoms with van der Waals surface area (Å²) in [4.78, 5) is 0. The van der Waals surface area contributed by atoms with Crippen molar-refractivity contribution in [1.82, 2.24) is 0 Å². The van der Waals surface area contributed by atoms with Crippen molar-refractivity contribution in [2.24, 2.45) is 0 Å². The minimum absolute atomic E-state index is 0.00149. The van der Waals surface area contributed by atoms with Gasteiger partial charge >= 0.3 is 0 Å². The summed E-state index contributed by atoms with van der Waals surface area (Å²) in [6, 6.07) is 9.14. The maximum absolute atomic E-state index is 9.32. The van der Waals surface area contributed by atoms with Crippen LogP contribution in [0.3, 0.4) is 0 Å². The molecule has 0 bridgehead atoms. The second-order valence-electron chi connectivity index (χ2n) is 3.83. The van der Waals surface area contributed by atoms with Crippen LogP contribution in [0.25, 0.3) is 12.2 Å². The van der Waals surface area contributed by atoms with Crippen molar-refractivity contribution >= 4 is 23.8 Å². The second kappa shape index (κ2) is 5.02. The van der Waals surface area contributed by atoms with E-state index in [4.69, 9.17) is 11.6 Å². The molecule has 0 amide bonds. The highest BCUT2D eigenvalue weighted by Crippen LogP contribution is 2.25. The zero-order valence-corrected chi connectivity index (χ0v) is 10.1. The monoisotopic (exact) mass is 262 g/mol. The summed E-state index contributed by atoms with van der Waals surface area (Å²) in [5, 5.41) is 28.2. The molecule has 92 valence electrons. The number of benzene rings is 2. The normalized spacial score (nSPS) is 10.9. The van der Waals surface area contributed by atoms with Crippen molar-refractivity contribution in [2.45, 2.75) is 0 Å². The molecular weight excluding hydrogens is 252 g/mol. The second-order valence-corrected chi connectivity index (χ2v) is 4.23. The Morgan fingerprint density at radius 3 is 2.00 bits per heavy atom. The number of halogens is 1. The minimum Gasteiger partial charge on any atom is -0.508 e. The van der Waals surface area contributed by atoms with Crippen molar-refractivity contribution in [3.8, 4) is 17.2 Å². The van der Waals surface area contributed by atoms with Gasteiger partial charge in [0.15, 0.2) is 0 Å². The number of hydrogen-bond donors (Lipinski definition) is 3. The molecule has 0 saturated heterocycles. The van der Waals surface area contributed by atoms with Gasteiger partial charge in [-0.1, -0.05) is 29.8 Å². The average molecular weight is 263 g/mol. The fourth-order valence-corrected chi connectivity index (χ4v) is 1.72. The SMILES string of the molecule is Oc1cc(O)cc(/C=C/c2ccc(O)c(Cl)c2)c1. The van der Waals surface area contributed by atoms with Crippen molar-refractivity contribution < 1.29 is 15.3 Å². The molecule has 0 aliphatic heterocycles. The lowest BCUT2D eigenvalue weighted by molar-refractivity contribution is 0.450. The molecule has 3 nitrogen and oxygen atoms in total. The molecular formula is C14H11ClO3. The van der Waals surface area contributed by atoms with Crippen LogP contribution in [0.15, 0.2) is 36.4 Å². The molecule has 3 N–H and O–H groups in total. The van der Waals surface area contributed by atoms with Crippen LogP contribution in [0.2, 0.25) is 5.02 Å². The van der Waals surface area contributed by atoms with Gasteiger partial charge in [-0.2, -0.15) is 0 Å². The first kappa shape index (κ1) is 12.3. The molecule has 0 fully saturated rings. The van der Waals surface area contributed by atoms with E-state index in [0.29, 0.717) is 5.56 Å². The molecule has 2 rings (SSSR count). The highest BCUT2D eigenvalue weighted by atomic mass is 35.5. The van der Waals surface area contributed by atoms with E-state index in [1.807, 2.05) is 0 Å². The highest BCUT2D eigenvalue weighted by molar-refractivity contribution is 6.32. The van der Waals surface area contributed by atoms with E-state index in [1.165, 1.54) is 24.3 Å². The summed E-state index contributed by atoms with van der Waals surface area (Å²) in [5.41, 5.74) is 1.47. The van der Waals surface area contributed by atoms with E-state index in [9.17, 15) is 15.3 Å². The fraction of sp³-hybridized carbons (Fsp3) is 0. The first-order valence-electron chi connectivity index (χ1n) is 5.24. The predicted octanol–water partition coefficient (Wildman–Crippen LogP) is 3.63. The smallest absolute Gasteiger partial charge is 0.134 e. The Balaban J connectivity index is 2.27. The molecule has 4 heteroatoms. The minimum atomic E-state index is -0.00149. The van der Waals surface area contributed by atoms with Gasteiger partial charge in [0.1, 0.15) is 17.2 Å². The molecule has 0 spiro atoms. The van der Waals surface area contributed by atoms with Crippen LogP contribution in [0.1, 0.15) is 11.1 Å². The largest absolute Gasteiger partial charge is 0.508 e. The molecule has 0 atom stereocenters. The van der Waals surface area contributed by atoms with Crippen LogP contribution in [0, 0.1) is 0 Å². The van der Waals surface area contributed by atoms with Crippen LogP contribution in [0.4, 0.5) is 0 Å². The quantitative estimate of drug-likeness (QED) is 0.725. The molecule has 0 radical (unpaired) electrons. The van der Waals surface area contributed by atoms with E-state index in [-0.39, 0.29) is 22.3 Å². The van der Waals surface area contributed by atoms with Gasteiger partial charge in [0, 0.05) is 6.07 Å². The third-order valence-electron chi connectivity index (χ3n) is 2.36. The summed E-state index contributed by atoms with van der Waals surface area (Å²) >= 11 is 5.78. The molecule has 0 heterocycles. The van der Waals surface area contributed by atoms with Crippen molar-refractivity contribution in [2.75, 3.05) is 0 Å². The standard InChI is InChI=1S/C14H11ClO3/c15-13-7-9(3-4-14(13)18)1-2-10-5-11(16)8-12(17)6-10/h1-8,16-18H/b2-1+.